The highest BCUT2D eigenvalue weighted by Gasteiger charge is 2.22. The van der Waals surface area contributed by atoms with Crippen molar-refractivity contribution in [1.82, 2.24) is 14.8 Å². The minimum absolute atomic E-state index is 0.681. The molecule has 4 nitrogen and oxygen atoms in total. The normalized spacial score (nSPS) is 11.0. The molecule has 1 rings (SSSR count). The highest BCUT2D eigenvalue weighted by Crippen LogP contribution is 2.32. The second kappa shape index (κ2) is 27.3. The lowest BCUT2D eigenvalue weighted by molar-refractivity contribution is 1.02. The topological polar surface area (TPSA) is 13.0 Å². The van der Waals surface area contributed by atoms with Gasteiger partial charge in [-0.05, 0) is 118 Å². The van der Waals surface area contributed by atoms with E-state index in [2.05, 4.69) is 82.4 Å². The molecule has 0 bridgehead atoms. The van der Waals surface area contributed by atoms with Crippen LogP contribution in [0.1, 0.15) is 77.6 Å². The van der Waals surface area contributed by atoms with Crippen molar-refractivity contribution in [2.75, 3.05) is 46.0 Å². The van der Waals surface area contributed by atoms with Gasteiger partial charge in [-0.3, -0.25) is 14.8 Å². The Balaban J connectivity index is 3.80. The smallest absolute Gasteiger partial charge is 0.104 e. The quantitative estimate of drug-likeness (QED) is 0.0723. The van der Waals surface area contributed by atoms with Crippen molar-refractivity contribution < 1.29 is 0 Å². The van der Waals surface area contributed by atoms with Gasteiger partial charge in [-0.25, -0.2) is 0 Å². The molecule has 0 radical (unpaired) electrons. The van der Waals surface area contributed by atoms with Crippen LogP contribution >= 0.6 is 144 Å². The summed E-state index contributed by atoms with van der Waals surface area (Å²) in [7, 11) is 0. The molecule has 0 fully saturated rings. The summed E-state index contributed by atoms with van der Waals surface area (Å²) in [5.74, 6) is 7.77. The van der Waals surface area contributed by atoms with E-state index in [1.54, 1.807) is 95.6 Å². The Kier molecular flexibility index (Phi) is 27.0. The fraction of sp³-hybridized carbons (Fsp3) is 0.667. The number of rotatable bonds is 24. The van der Waals surface area contributed by atoms with Gasteiger partial charge in [0.1, 0.15) is 20.0 Å². The maximum absolute atomic E-state index is 6.09. The summed E-state index contributed by atoms with van der Waals surface area (Å²) in [5.41, 5.74) is 4.90. The molecule has 0 atom stereocenters. The van der Waals surface area contributed by atoms with Crippen LogP contribution in [0.25, 0.3) is 0 Å². The van der Waals surface area contributed by atoms with Gasteiger partial charge in [-0.15, -0.1) is 0 Å². The molecule has 0 amide bonds. The van der Waals surface area contributed by atoms with Crippen molar-refractivity contribution in [2.45, 2.75) is 81.1 Å². The molecule has 262 valence electrons. The Bertz CT molecular complexity index is 904. The van der Waals surface area contributed by atoms with Gasteiger partial charge in [-0.1, -0.05) is 116 Å². The minimum Gasteiger partial charge on any atom is -0.252 e. The first-order valence-electron chi connectivity index (χ1n) is 15.6. The molecule has 0 heterocycles. The molecule has 0 unspecified atom stereocenters. The van der Waals surface area contributed by atoms with Crippen LogP contribution in [0, 0.1) is 0 Å². The van der Waals surface area contributed by atoms with Crippen LogP contribution in [-0.4, -0.2) is 80.8 Å². The highest BCUT2D eigenvalue weighted by molar-refractivity contribution is 8.15. The third-order valence-electron chi connectivity index (χ3n) is 5.67. The summed E-state index contributed by atoms with van der Waals surface area (Å²) < 4.78 is 8.87. The zero-order valence-corrected chi connectivity index (χ0v) is 38.1. The number of thiocarbonyl (C=S) groups is 4. The van der Waals surface area contributed by atoms with E-state index in [0.29, 0.717) is 25.7 Å². The van der Waals surface area contributed by atoms with Crippen LogP contribution in [0.15, 0.2) is 12.1 Å². The third kappa shape index (κ3) is 16.7. The largest absolute Gasteiger partial charge is 0.252 e. The maximum Gasteiger partial charge on any atom is 0.104 e. The van der Waals surface area contributed by atoms with Crippen molar-refractivity contribution in [3.8, 4) is 0 Å². The molecule has 46 heavy (non-hydrogen) atoms. The average Bonchev–Trinajstić information content (AvgIpc) is 3.02. The molecule has 0 spiro atoms. The molecule has 0 saturated heterocycles. The molecule has 0 aliphatic rings. The summed E-state index contributed by atoms with van der Waals surface area (Å²) in [6.07, 6.45) is 2.72. The van der Waals surface area contributed by atoms with E-state index in [4.69, 9.17) is 48.9 Å². The first-order valence-corrected chi connectivity index (χ1v) is 24.8. The predicted octanol–water partition coefficient (Wildman–Crippen LogP) is 11.7. The van der Waals surface area contributed by atoms with E-state index < -0.39 is 0 Å². The predicted molar refractivity (Wildman–Crippen MR) is 244 cm³/mol. The molecule has 0 aliphatic heterocycles. The molecule has 16 heteroatoms. The van der Waals surface area contributed by atoms with Gasteiger partial charge >= 0.3 is 0 Å². The molecular weight excluding hydrogens is 801 g/mol. The molecule has 0 saturated carbocycles. The van der Waals surface area contributed by atoms with Crippen molar-refractivity contribution in [2.24, 2.45) is 0 Å². The van der Waals surface area contributed by atoms with Gasteiger partial charge in [0.05, 0.1) is 0 Å². The third-order valence-corrected chi connectivity index (χ3v) is 16.1. The van der Waals surface area contributed by atoms with Gasteiger partial charge in [0.2, 0.25) is 0 Å². The first kappa shape index (κ1) is 45.6. The van der Waals surface area contributed by atoms with Crippen LogP contribution < -0.4 is 0 Å². The lowest BCUT2D eigenvalue weighted by atomic mass is 9.91. The molecule has 0 aliphatic carbocycles. The molecule has 0 N–H and O–H groups in total. The van der Waals surface area contributed by atoms with Gasteiger partial charge in [0.25, 0.3) is 0 Å². The lowest BCUT2D eigenvalue weighted by Gasteiger charge is -2.27. The highest BCUT2D eigenvalue weighted by atomic mass is 32.2. The second-order valence-electron chi connectivity index (χ2n) is 9.04. The number of hydrogen-bond acceptors (Lipinski definition) is 12. The van der Waals surface area contributed by atoms with E-state index in [1.807, 2.05) is 0 Å². The van der Waals surface area contributed by atoms with E-state index in [0.717, 1.165) is 66.0 Å². The van der Waals surface area contributed by atoms with Crippen molar-refractivity contribution in [3.63, 3.8) is 0 Å². The summed E-state index contributed by atoms with van der Waals surface area (Å²) >= 11 is 38.6. The summed E-state index contributed by atoms with van der Waals surface area (Å²) in [6.45, 7) is 17.4. The minimum atomic E-state index is 0.681. The van der Waals surface area contributed by atoms with E-state index in [9.17, 15) is 0 Å². The molecular formula is C30H50N4S12. The van der Waals surface area contributed by atoms with Crippen LogP contribution in [-0.2, 0) is 25.7 Å². The molecule has 0 aromatic heterocycles. The van der Waals surface area contributed by atoms with Gasteiger partial charge in [0.15, 0.2) is 0 Å². The SMILES string of the molecule is CCSN(SCC)C(=S)Cc1cc(CC(=S)N(SCC)SCC)c(CC(=S)N(SCC)SCC)cc1CC(=S)N(SCC)SCC. The Morgan fingerprint density at radius 1 is 0.370 bits per heavy atom. The zero-order chi connectivity index (χ0) is 34.5. The Morgan fingerprint density at radius 3 is 0.652 bits per heavy atom. The summed E-state index contributed by atoms with van der Waals surface area (Å²) in [4.78, 5) is 3.72. The van der Waals surface area contributed by atoms with Gasteiger partial charge in [-0.2, -0.15) is 0 Å². The second-order valence-corrected chi connectivity index (χ2v) is 21.5. The van der Waals surface area contributed by atoms with Crippen molar-refractivity contribution in [1.29, 1.82) is 0 Å². The fourth-order valence-corrected chi connectivity index (χ4v) is 13.2. The summed E-state index contributed by atoms with van der Waals surface area (Å²) in [5, 5.41) is 0. The number of hydrogen-bond donors (Lipinski definition) is 0. The maximum atomic E-state index is 6.09. The van der Waals surface area contributed by atoms with E-state index >= 15 is 0 Å². The average molecular weight is 852 g/mol. The monoisotopic (exact) mass is 850 g/mol. The number of nitrogens with zero attached hydrogens (tertiary/aromatic N) is 4. The van der Waals surface area contributed by atoms with Crippen molar-refractivity contribution >= 4 is 164 Å². The van der Waals surface area contributed by atoms with Gasteiger partial charge < -0.3 is 0 Å². The van der Waals surface area contributed by atoms with Crippen molar-refractivity contribution in [3.05, 3.63) is 34.4 Å². The molecule has 1 aromatic rings. The van der Waals surface area contributed by atoms with Crippen LogP contribution in [0.3, 0.4) is 0 Å². The molecule has 1 aromatic carbocycles. The van der Waals surface area contributed by atoms with E-state index in [-0.39, 0.29) is 0 Å². The Morgan fingerprint density at radius 2 is 0.522 bits per heavy atom. The first-order chi connectivity index (χ1) is 22.1. The Labute approximate surface area is 337 Å². The van der Waals surface area contributed by atoms with Crippen LogP contribution in [0.4, 0.5) is 0 Å². The fourth-order valence-electron chi connectivity index (χ4n) is 4.02. The van der Waals surface area contributed by atoms with Gasteiger partial charge in [0, 0.05) is 71.7 Å². The Hall–Kier alpha value is 1.58. The number of benzene rings is 1. The van der Waals surface area contributed by atoms with Crippen LogP contribution in [0.5, 0.6) is 0 Å². The lowest BCUT2D eigenvalue weighted by Crippen LogP contribution is -2.24. The zero-order valence-electron chi connectivity index (χ0n) is 28.3. The summed E-state index contributed by atoms with van der Waals surface area (Å²) in [6, 6.07) is 4.72. The van der Waals surface area contributed by atoms with Crippen LogP contribution in [0.2, 0.25) is 0 Å². The standard InChI is InChI=1S/C30H50N4S12/c1-9-39-31(40-10-2)27(35)19-23-17-25(21-29(37)33(43-13-5)44-14-6)26(22-30(38)34(45-15-7)46-16-8)18-24(23)20-28(36)32(41-11-3)42-12-4/h17-18H,9-16,19-22H2,1-8H3. The van der Waals surface area contributed by atoms with E-state index in [1.165, 1.54) is 22.3 Å².